The summed E-state index contributed by atoms with van der Waals surface area (Å²) in [7, 11) is -3.69. The number of carbonyl (C=O) groups excluding carboxylic acids is 1. The van der Waals surface area contributed by atoms with Crippen LogP contribution in [0.1, 0.15) is 12.1 Å². The Hall–Kier alpha value is -0.990. The minimum absolute atomic E-state index is 0.0786. The lowest BCUT2D eigenvalue weighted by Gasteiger charge is -2.18. The molecular weight excluding hydrogens is 322 g/mol. The molecular formula is C10H12BrN3O3S. The first kappa shape index (κ1) is 13.4. The van der Waals surface area contributed by atoms with Gasteiger partial charge in [-0.25, -0.2) is 13.6 Å². The molecule has 1 aromatic rings. The number of hydrogen-bond donors (Lipinski definition) is 1. The highest BCUT2D eigenvalue weighted by atomic mass is 79.9. The highest BCUT2D eigenvalue weighted by Gasteiger charge is 2.37. The van der Waals surface area contributed by atoms with Crippen LogP contribution in [0.4, 0.5) is 5.69 Å². The molecule has 0 radical (unpaired) electrons. The number of pyridine rings is 1. The van der Waals surface area contributed by atoms with Crippen molar-refractivity contribution in [2.45, 2.75) is 18.6 Å². The van der Waals surface area contributed by atoms with Crippen molar-refractivity contribution in [2.24, 2.45) is 5.14 Å². The van der Waals surface area contributed by atoms with Gasteiger partial charge in [0.1, 0.15) is 5.25 Å². The normalized spacial score (nSPS) is 20.5. The van der Waals surface area contributed by atoms with Crippen molar-refractivity contribution in [1.29, 1.82) is 0 Å². The van der Waals surface area contributed by atoms with Gasteiger partial charge < -0.3 is 4.90 Å². The van der Waals surface area contributed by atoms with Gasteiger partial charge >= 0.3 is 0 Å². The van der Waals surface area contributed by atoms with E-state index in [2.05, 4.69) is 20.9 Å². The number of nitrogens with zero attached hydrogens (tertiary/aromatic N) is 2. The second-order valence-electron chi connectivity index (χ2n) is 4.18. The molecule has 0 spiro atoms. The Morgan fingerprint density at radius 3 is 2.78 bits per heavy atom. The van der Waals surface area contributed by atoms with E-state index < -0.39 is 15.3 Å². The third kappa shape index (κ3) is 2.55. The zero-order valence-corrected chi connectivity index (χ0v) is 12.0. The first-order valence-corrected chi connectivity index (χ1v) is 7.63. The minimum Gasteiger partial charge on any atom is -0.309 e. The van der Waals surface area contributed by atoms with Crippen LogP contribution in [0.2, 0.25) is 0 Å². The van der Waals surface area contributed by atoms with E-state index in [1.807, 2.05) is 0 Å². The summed E-state index contributed by atoms with van der Waals surface area (Å²) >= 11 is 3.27. The quantitative estimate of drug-likeness (QED) is 0.854. The van der Waals surface area contributed by atoms with Crippen molar-refractivity contribution >= 4 is 37.5 Å². The van der Waals surface area contributed by atoms with Crippen LogP contribution in [0.15, 0.2) is 16.7 Å². The maximum atomic E-state index is 11.9. The van der Waals surface area contributed by atoms with E-state index in [9.17, 15) is 13.2 Å². The van der Waals surface area contributed by atoms with Crippen LogP contribution in [0.5, 0.6) is 0 Å². The molecule has 2 N–H and O–H groups in total. The Balaban J connectivity index is 2.35. The van der Waals surface area contributed by atoms with Gasteiger partial charge in [-0.1, -0.05) is 0 Å². The molecule has 98 valence electrons. The van der Waals surface area contributed by atoms with E-state index in [0.717, 1.165) is 4.47 Å². The lowest BCUT2D eigenvalue weighted by molar-refractivity contribution is -0.117. The average Bonchev–Trinajstić information content (AvgIpc) is 2.64. The lowest BCUT2D eigenvalue weighted by atomic mass is 10.3. The molecule has 1 aliphatic rings. The predicted molar refractivity (Wildman–Crippen MR) is 70.5 cm³/mol. The van der Waals surface area contributed by atoms with E-state index in [4.69, 9.17) is 5.14 Å². The van der Waals surface area contributed by atoms with Gasteiger partial charge in [0, 0.05) is 23.6 Å². The van der Waals surface area contributed by atoms with Gasteiger partial charge in [0.25, 0.3) is 0 Å². The molecule has 6 nitrogen and oxygen atoms in total. The van der Waals surface area contributed by atoms with Gasteiger partial charge in [-0.3, -0.25) is 9.78 Å². The molecule has 1 aromatic heterocycles. The fraction of sp³-hybridized carbons (Fsp3) is 0.400. The van der Waals surface area contributed by atoms with Crippen LogP contribution >= 0.6 is 15.9 Å². The first-order valence-electron chi connectivity index (χ1n) is 5.23. The Kier molecular flexibility index (Phi) is 3.43. The largest absolute Gasteiger partial charge is 0.309 e. The summed E-state index contributed by atoms with van der Waals surface area (Å²) in [6.07, 6.45) is 1.54. The molecule has 1 saturated heterocycles. The van der Waals surface area contributed by atoms with Gasteiger partial charge in [-0.2, -0.15) is 0 Å². The summed E-state index contributed by atoms with van der Waals surface area (Å²) in [5.41, 5.74) is 1.28. The standard InChI is InChI=1S/C10H12BrN3O3S/c1-6-9(2-7(11)4-13-6)14-5-8(3-10(14)15)18(12,16)17/h2,4,8H,3,5H2,1H3,(H2,12,16,17). The zero-order chi connectivity index (χ0) is 13.5. The maximum Gasteiger partial charge on any atom is 0.228 e. The summed E-state index contributed by atoms with van der Waals surface area (Å²) in [6, 6.07) is 1.74. The Labute approximate surface area is 113 Å². The van der Waals surface area contributed by atoms with Crippen molar-refractivity contribution in [1.82, 2.24) is 4.98 Å². The van der Waals surface area contributed by atoms with Gasteiger partial charge in [-0.15, -0.1) is 0 Å². The highest BCUT2D eigenvalue weighted by Crippen LogP contribution is 2.28. The number of primary sulfonamides is 1. The summed E-state index contributed by atoms with van der Waals surface area (Å²) < 4.78 is 23.3. The Bertz CT molecular complexity index is 602. The third-order valence-electron chi connectivity index (χ3n) is 2.87. The highest BCUT2D eigenvalue weighted by molar-refractivity contribution is 9.10. The molecule has 8 heteroatoms. The molecule has 0 aliphatic carbocycles. The molecule has 1 fully saturated rings. The van der Waals surface area contributed by atoms with Gasteiger partial charge in [-0.05, 0) is 28.9 Å². The lowest BCUT2D eigenvalue weighted by Crippen LogP contribution is -2.32. The van der Waals surface area contributed by atoms with E-state index in [0.29, 0.717) is 11.4 Å². The molecule has 0 aromatic carbocycles. The van der Waals surface area contributed by atoms with Crippen LogP contribution in [0.3, 0.4) is 0 Å². The molecule has 2 heterocycles. The molecule has 0 bridgehead atoms. The molecule has 1 unspecified atom stereocenters. The van der Waals surface area contributed by atoms with Crippen LogP contribution < -0.4 is 10.0 Å². The topological polar surface area (TPSA) is 93.4 Å². The van der Waals surface area contributed by atoms with Gasteiger partial charge in [0.05, 0.1) is 11.4 Å². The second-order valence-corrected chi connectivity index (χ2v) is 6.94. The number of aryl methyl sites for hydroxylation is 1. The summed E-state index contributed by atoms with van der Waals surface area (Å²) in [5.74, 6) is -0.253. The van der Waals surface area contributed by atoms with Crippen LogP contribution in [-0.4, -0.2) is 31.1 Å². The number of carbonyl (C=O) groups is 1. The number of hydrogen-bond acceptors (Lipinski definition) is 4. The van der Waals surface area contributed by atoms with Crippen LogP contribution in [0.25, 0.3) is 0 Å². The van der Waals surface area contributed by atoms with Crippen molar-refractivity contribution in [3.8, 4) is 0 Å². The van der Waals surface area contributed by atoms with Gasteiger partial charge in [0.2, 0.25) is 15.9 Å². The molecule has 1 aliphatic heterocycles. The molecule has 1 amide bonds. The fourth-order valence-electron chi connectivity index (χ4n) is 1.90. The monoisotopic (exact) mass is 333 g/mol. The van der Waals surface area contributed by atoms with E-state index in [1.54, 1.807) is 19.2 Å². The van der Waals surface area contributed by atoms with Crippen molar-refractivity contribution in [3.05, 3.63) is 22.4 Å². The molecule has 0 saturated carbocycles. The predicted octanol–water partition coefficient (Wildman–Crippen LogP) is 0.546. The average molecular weight is 334 g/mol. The molecule has 1 atom stereocenters. The van der Waals surface area contributed by atoms with E-state index >= 15 is 0 Å². The number of aromatic nitrogens is 1. The number of sulfonamides is 1. The number of anilines is 1. The summed E-state index contributed by atoms with van der Waals surface area (Å²) in [6.45, 7) is 1.84. The third-order valence-corrected chi connectivity index (χ3v) is 4.55. The minimum atomic E-state index is -3.69. The number of halogens is 1. The van der Waals surface area contributed by atoms with E-state index in [1.165, 1.54) is 4.90 Å². The maximum absolute atomic E-state index is 11.9. The smallest absolute Gasteiger partial charge is 0.228 e. The van der Waals surface area contributed by atoms with Crippen LogP contribution in [-0.2, 0) is 14.8 Å². The zero-order valence-electron chi connectivity index (χ0n) is 9.63. The number of amides is 1. The SMILES string of the molecule is Cc1ncc(Br)cc1N1CC(S(N)(=O)=O)CC1=O. The number of rotatable bonds is 2. The first-order chi connectivity index (χ1) is 8.29. The van der Waals surface area contributed by atoms with Crippen molar-refractivity contribution in [3.63, 3.8) is 0 Å². The fourth-order valence-corrected chi connectivity index (χ4v) is 2.95. The van der Waals surface area contributed by atoms with Crippen molar-refractivity contribution in [2.75, 3.05) is 11.4 Å². The van der Waals surface area contributed by atoms with E-state index in [-0.39, 0.29) is 18.9 Å². The molecule has 2 rings (SSSR count). The summed E-state index contributed by atoms with van der Waals surface area (Å²) in [5, 5.41) is 4.24. The summed E-state index contributed by atoms with van der Waals surface area (Å²) in [4.78, 5) is 17.4. The van der Waals surface area contributed by atoms with Crippen molar-refractivity contribution < 1.29 is 13.2 Å². The van der Waals surface area contributed by atoms with Crippen LogP contribution in [0, 0.1) is 6.92 Å². The Morgan fingerprint density at radius 2 is 2.22 bits per heavy atom. The second kappa shape index (κ2) is 4.60. The molecule has 18 heavy (non-hydrogen) atoms. The van der Waals surface area contributed by atoms with Gasteiger partial charge in [0.15, 0.2) is 0 Å². The number of nitrogens with two attached hydrogens (primary N) is 1. The Morgan fingerprint density at radius 1 is 1.56 bits per heavy atom.